The lowest BCUT2D eigenvalue weighted by Crippen LogP contribution is -2.30. The van der Waals surface area contributed by atoms with E-state index in [1.807, 2.05) is 38.1 Å². The van der Waals surface area contributed by atoms with Crippen LogP contribution in [0, 0.1) is 23.0 Å². The fourth-order valence-electron chi connectivity index (χ4n) is 3.11. The van der Waals surface area contributed by atoms with Crippen molar-refractivity contribution in [1.82, 2.24) is 14.9 Å². The molecule has 0 aliphatic carbocycles. The van der Waals surface area contributed by atoms with E-state index in [9.17, 15) is 13.6 Å². The second-order valence-corrected chi connectivity index (χ2v) is 6.82. The molecule has 3 rings (SSSR count). The van der Waals surface area contributed by atoms with Gasteiger partial charge >= 0.3 is 0 Å². The molecule has 5 nitrogen and oxygen atoms in total. The van der Waals surface area contributed by atoms with Crippen LogP contribution in [-0.2, 0) is 11.3 Å². The Morgan fingerprint density at radius 2 is 1.86 bits per heavy atom. The van der Waals surface area contributed by atoms with Crippen LogP contribution >= 0.6 is 0 Å². The normalized spacial score (nSPS) is 13.1. The van der Waals surface area contributed by atoms with E-state index in [0.29, 0.717) is 11.9 Å². The van der Waals surface area contributed by atoms with Crippen LogP contribution in [0.4, 0.5) is 8.78 Å². The largest absolute Gasteiger partial charge is 0.348 e. The van der Waals surface area contributed by atoms with Gasteiger partial charge in [-0.1, -0.05) is 31.2 Å². The van der Waals surface area contributed by atoms with E-state index in [4.69, 9.17) is 5.26 Å². The molecule has 1 N–H and O–H groups in total. The summed E-state index contributed by atoms with van der Waals surface area (Å²) >= 11 is 0. The minimum atomic E-state index is -1.02. The van der Waals surface area contributed by atoms with Gasteiger partial charge in [0.2, 0.25) is 5.91 Å². The lowest BCUT2D eigenvalue weighted by atomic mass is 9.96. The maximum atomic E-state index is 14.0. The number of amides is 1. The van der Waals surface area contributed by atoms with E-state index in [0.717, 1.165) is 17.2 Å². The molecule has 0 saturated heterocycles. The molecule has 2 aromatic carbocycles. The van der Waals surface area contributed by atoms with Gasteiger partial charge in [0.25, 0.3) is 0 Å². The minimum absolute atomic E-state index is 0.0290. The van der Waals surface area contributed by atoms with Crippen molar-refractivity contribution in [1.29, 1.82) is 5.26 Å². The Labute approximate surface area is 161 Å². The monoisotopic (exact) mass is 382 g/mol. The number of fused-ring (bicyclic) bond motifs is 1. The molecule has 0 fully saturated rings. The van der Waals surface area contributed by atoms with Crippen molar-refractivity contribution >= 4 is 16.9 Å². The van der Waals surface area contributed by atoms with Gasteiger partial charge in [-0.2, -0.15) is 5.26 Å². The lowest BCUT2D eigenvalue weighted by molar-refractivity contribution is -0.122. The number of benzene rings is 2. The van der Waals surface area contributed by atoms with Crippen LogP contribution in [0.1, 0.15) is 43.4 Å². The smallest absolute Gasteiger partial charge is 0.240 e. The van der Waals surface area contributed by atoms with Gasteiger partial charge in [0.15, 0.2) is 11.6 Å². The van der Waals surface area contributed by atoms with Gasteiger partial charge in [-0.05, 0) is 36.1 Å². The fourth-order valence-corrected chi connectivity index (χ4v) is 3.11. The van der Waals surface area contributed by atoms with E-state index in [1.165, 1.54) is 17.0 Å². The van der Waals surface area contributed by atoms with Crippen LogP contribution in [0.3, 0.4) is 0 Å². The number of imidazole rings is 1. The summed E-state index contributed by atoms with van der Waals surface area (Å²) in [4.78, 5) is 16.4. The van der Waals surface area contributed by atoms with Crippen LogP contribution in [0.2, 0.25) is 0 Å². The average molecular weight is 382 g/mol. The van der Waals surface area contributed by atoms with Crippen molar-refractivity contribution in [2.24, 2.45) is 0 Å². The fraction of sp³-hybridized carbons (Fsp3) is 0.286. The zero-order valence-corrected chi connectivity index (χ0v) is 15.6. The topological polar surface area (TPSA) is 70.7 Å². The van der Waals surface area contributed by atoms with E-state index in [-0.39, 0.29) is 29.9 Å². The highest BCUT2D eigenvalue weighted by Crippen LogP contribution is 2.22. The molecule has 0 radical (unpaired) electrons. The molecular formula is C21H20F2N4O. The Morgan fingerprint density at radius 1 is 1.18 bits per heavy atom. The Balaban J connectivity index is 1.68. The highest BCUT2D eigenvalue weighted by atomic mass is 19.2. The van der Waals surface area contributed by atoms with Crippen molar-refractivity contribution < 1.29 is 13.6 Å². The molecular weight excluding hydrogens is 362 g/mol. The molecule has 0 saturated carbocycles. The quantitative estimate of drug-likeness (QED) is 0.694. The van der Waals surface area contributed by atoms with Crippen molar-refractivity contribution in [3.05, 3.63) is 65.5 Å². The number of halogens is 2. The average Bonchev–Trinajstić information content (AvgIpc) is 3.08. The van der Waals surface area contributed by atoms with Gasteiger partial charge in [-0.3, -0.25) is 4.79 Å². The molecule has 0 aliphatic heterocycles. The number of carbonyl (C=O) groups is 1. The first-order chi connectivity index (χ1) is 13.4. The number of hydrogen-bond donors (Lipinski definition) is 1. The summed E-state index contributed by atoms with van der Waals surface area (Å²) in [7, 11) is 0. The maximum Gasteiger partial charge on any atom is 0.240 e. The van der Waals surface area contributed by atoms with Crippen molar-refractivity contribution in [2.75, 3.05) is 0 Å². The van der Waals surface area contributed by atoms with Crippen LogP contribution in [0.15, 0.2) is 42.7 Å². The summed E-state index contributed by atoms with van der Waals surface area (Å²) < 4.78 is 28.8. The molecule has 7 heteroatoms. The molecule has 144 valence electrons. The van der Waals surface area contributed by atoms with Gasteiger partial charge < -0.3 is 9.88 Å². The Kier molecular flexibility index (Phi) is 5.69. The third-order valence-electron chi connectivity index (χ3n) is 4.77. The second-order valence-electron chi connectivity index (χ2n) is 6.82. The molecule has 3 aromatic rings. The van der Waals surface area contributed by atoms with Gasteiger partial charge in [-0.25, -0.2) is 13.8 Å². The molecule has 2 atom stereocenters. The predicted octanol–water partition coefficient (Wildman–Crippen LogP) is 4.21. The third-order valence-corrected chi connectivity index (χ3v) is 4.77. The number of rotatable bonds is 6. The standard InChI is InChI=1S/C21H20F2N4O/c1-13(9-10-24)15-3-5-16(6-4-15)14(2)26-19(28)11-27-12-25-18-8-7-17(22)20(23)21(18)27/h3-8,12-14H,9,11H2,1-2H3,(H,26,28). The van der Waals surface area contributed by atoms with Gasteiger partial charge in [0.1, 0.15) is 12.1 Å². The second kappa shape index (κ2) is 8.17. The zero-order chi connectivity index (χ0) is 20.3. The minimum Gasteiger partial charge on any atom is -0.348 e. The number of nitrogens with one attached hydrogen (secondary N) is 1. The molecule has 0 aliphatic rings. The Morgan fingerprint density at radius 3 is 2.54 bits per heavy atom. The first kappa shape index (κ1) is 19.5. The molecule has 2 unspecified atom stereocenters. The number of carbonyl (C=O) groups excluding carboxylic acids is 1. The summed E-state index contributed by atoms with van der Waals surface area (Å²) in [5, 5.41) is 11.6. The van der Waals surface area contributed by atoms with Crippen LogP contribution in [0.25, 0.3) is 11.0 Å². The van der Waals surface area contributed by atoms with Crippen molar-refractivity contribution in [3.63, 3.8) is 0 Å². The molecule has 0 spiro atoms. The van der Waals surface area contributed by atoms with Crippen LogP contribution in [-0.4, -0.2) is 15.5 Å². The predicted molar refractivity (Wildman–Crippen MR) is 101 cm³/mol. The highest BCUT2D eigenvalue weighted by molar-refractivity contribution is 5.81. The molecule has 28 heavy (non-hydrogen) atoms. The van der Waals surface area contributed by atoms with Crippen LogP contribution in [0.5, 0.6) is 0 Å². The molecule has 1 aromatic heterocycles. The van der Waals surface area contributed by atoms with E-state index in [2.05, 4.69) is 16.4 Å². The Hall–Kier alpha value is -3.27. The molecule has 1 amide bonds. The Bertz CT molecular complexity index is 1040. The van der Waals surface area contributed by atoms with Gasteiger partial charge in [0.05, 0.1) is 24.0 Å². The molecule has 1 heterocycles. The summed E-state index contributed by atoms with van der Waals surface area (Å²) in [6.45, 7) is 3.66. The maximum absolute atomic E-state index is 14.0. The van der Waals surface area contributed by atoms with Crippen LogP contribution < -0.4 is 5.32 Å². The number of aromatic nitrogens is 2. The molecule has 0 bridgehead atoms. The van der Waals surface area contributed by atoms with Crippen molar-refractivity contribution in [3.8, 4) is 6.07 Å². The van der Waals surface area contributed by atoms with Crippen molar-refractivity contribution in [2.45, 2.75) is 38.8 Å². The lowest BCUT2D eigenvalue weighted by Gasteiger charge is -2.16. The summed E-state index contributed by atoms with van der Waals surface area (Å²) in [5.41, 5.74) is 2.24. The summed E-state index contributed by atoms with van der Waals surface area (Å²) in [6, 6.07) is 12.0. The number of nitrogens with zero attached hydrogens (tertiary/aromatic N) is 3. The van der Waals surface area contributed by atoms with Gasteiger partial charge in [0, 0.05) is 6.42 Å². The van der Waals surface area contributed by atoms with Gasteiger partial charge in [-0.15, -0.1) is 0 Å². The highest BCUT2D eigenvalue weighted by Gasteiger charge is 2.16. The van der Waals surface area contributed by atoms with E-state index < -0.39 is 11.6 Å². The summed E-state index contributed by atoms with van der Waals surface area (Å²) in [5.74, 6) is -2.18. The SMILES string of the molecule is CC(CC#N)c1ccc(C(C)NC(=O)Cn2cnc3ccc(F)c(F)c32)cc1. The first-order valence-electron chi connectivity index (χ1n) is 8.95. The summed E-state index contributed by atoms with van der Waals surface area (Å²) in [6.07, 6.45) is 1.77. The first-order valence-corrected chi connectivity index (χ1v) is 8.95. The zero-order valence-electron chi connectivity index (χ0n) is 15.6. The number of hydrogen-bond acceptors (Lipinski definition) is 3. The van der Waals surface area contributed by atoms with E-state index in [1.54, 1.807) is 0 Å². The number of nitriles is 1. The third kappa shape index (κ3) is 4.01. The van der Waals surface area contributed by atoms with E-state index >= 15 is 0 Å².